The number of likely N-dealkylation sites (tertiary alicyclic amines) is 1. The fourth-order valence-electron chi connectivity index (χ4n) is 1.28. The van der Waals surface area contributed by atoms with E-state index in [1.54, 1.807) is 19.0 Å². The molecule has 1 aliphatic heterocycles. The van der Waals surface area contributed by atoms with E-state index in [-0.39, 0.29) is 6.54 Å². The number of halogens is 2. The summed E-state index contributed by atoms with van der Waals surface area (Å²) in [7, 11) is 3.27. The smallest absolute Gasteiger partial charge is 0.276 e. The van der Waals surface area contributed by atoms with Gasteiger partial charge in [0.05, 0.1) is 12.6 Å². The minimum Gasteiger partial charge on any atom is -0.311 e. The molecule has 0 aromatic carbocycles. The fraction of sp³-hybridized carbons (Fsp3) is 1.00. The summed E-state index contributed by atoms with van der Waals surface area (Å²) in [4.78, 5) is 1.63. The normalized spacial score (nSPS) is 33.0. The summed E-state index contributed by atoms with van der Waals surface area (Å²) in [6.07, 6.45) is 0. The van der Waals surface area contributed by atoms with E-state index in [0.29, 0.717) is 6.54 Å². The zero-order valence-corrected chi connectivity index (χ0v) is 6.19. The lowest BCUT2D eigenvalue weighted by atomic mass is 10.2. The Labute approximate surface area is 59.2 Å². The molecule has 1 atom stereocenters. The van der Waals surface area contributed by atoms with Crippen LogP contribution in [0.4, 0.5) is 8.78 Å². The van der Waals surface area contributed by atoms with E-state index in [1.165, 1.54) is 0 Å². The predicted octanol–water partition coefficient (Wildman–Crippen LogP) is 0.155. The Kier molecular flexibility index (Phi) is 1.92. The Morgan fingerprint density at radius 1 is 1.60 bits per heavy atom. The largest absolute Gasteiger partial charge is 0.311 e. The van der Waals surface area contributed by atoms with Gasteiger partial charge in [0, 0.05) is 6.54 Å². The van der Waals surface area contributed by atoms with Crippen molar-refractivity contribution in [2.24, 2.45) is 0 Å². The van der Waals surface area contributed by atoms with Gasteiger partial charge in [0.1, 0.15) is 0 Å². The van der Waals surface area contributed by atoms with Crippen molar-refractivity contribution >= 4 is 0 Å². The molecule has 2 nitrogen and oxygen atoms in total. The van der Waals surface area contributed by atoms with E-state index >= 15 is 0 Å². The monoisotopic (exact) mass is 150 g/mol. The summed E-state index contributed by atoms with van der Waals surface area (Å²) in [6.45, 7) is 0.308. The van der Waals surface area contributed by atoms with Gasteiger partial charge >= 0.3 is 0 Å². The second-order valence-electron chi connectivity index (χ2n) is 2.80. The quantitative estimate of drug-likeness (QED) is 0.572. The van der Waals surface area contributed by atoms with Crippen molar-refractivity contribution in [3.63, 3.8) is 0 Å². The van der Waals surface area contributed by atoms with Crippen LogP contribution in [0.25, 0.3) is 0 Å². The summed E-state index contributed by atoms with van der Waals surface area (Å²) in [5.74, 6) is -2.55. The van der Waals surface area contributed by atoms with Gasteiger partial charge < -0.3 is 5.32 Å². The molecule has 0 radical (unpaired) electrons. The molecule has 1 aliphatic rings. The molecule has 10 heavy (non-hydrogen) atoms. The number of likely N-dealkylation sites (N-methyl/N-ethyl adjacent to an activating group) is 2. The Balaban J connectivity index is 2.58. The second kappa shape index (κ2) is 2.43. The first-order valence-corrected chi connectivity index (χ1v) is 3.30. The van der Waals surface area contributed by atoms with Crippen LogP contribution in [0.1, 0.15) is 0 Å². The van der Waals surface area contributed by atoms with Crippen LogP contribution < -0.4 is 5.32 Å². The highest BCUT2D eigenvalue weighted by atomic mass is 19.3. The molecule has 0 bridgehead atoms. The van der Waals surface area contributed by atoms with Crippen LogP contribution in [0.2, 0.25) is 0 Å². The lowest BCUT2D eigenvalue weighted by Crippen LogP contribution is -2.41. The molecule has 1 saturated heterocycles. The van der Waals surface area contributed by atoms with Crippen molar-refractivity contribution in [3.8, 4) is 0 Å². The average Bonchev–Trinajstić information content (AvgIpc) is 2.04. The van der Waals surface area contributed by atoms with E-state index < -0.39 is 12.0 Å². The topological polar surface area (TPSA) is 15.3 Å². The van der Waals surface area contributed by atoms with Gasteiger partial charge in [-0.25, -0.2) is 8.78 Å². The summed E-state index contributed by atoms with van der Waals surface area (Å²) >= 11 is 0. The maximum Gasteiger partial charge on any atom is 0.276 e. The molecule has 0 spiro atoms. The molecule has 1 unspecified atom stereocenters. The van der Waals surface area contributed by atoms with Crippen molar-refractivity contribution in [1.82, 2.24) is 10.2 Å². The van der Waals surface area contributed by atoms with Crippen LogP contribution in [-0.2, 0) is 0 Å². The number of hydrogen-bond donors (Lipinski definition) is 1. The second-order valence-corrected chi connectivity index (χ2v) is 2.80. The number of nitrogens with one attached hydrogen (secondary N) is 1. The van der Waals surface area contributed by atoms with Crippen molar-refractivity contribution < 1.29 is 8.78 Å². The standard InChI is InChI=1S/C6H12F2N2/c1-9-5-3-10(2)4-6(5,7)8/h5,9H,3-4H2,1-2H3. The van der Waals surface area contributed by atoms with Crippen LogP contribution in [0.3, 0.4) is 0 Å². The number of rotatable bonds is 1. The van der Waals surface area contributed by atoms with Crippen LogP contribution in [0.15, 0.2) is 0 Å². The van der Waals surface area contributed by atoms with Crippen molar-refractivity contribution in [3.05, 3.63) is 0 Å². The first-order valence-electron chi connectivity index (χ1n) is 3.30. The Morgan fingerprint density at radius 3 is 2.40 bits per heavy atom. The fourth-order valence-corrected chi connectivity index (χ4v) is 1.28. The van der Waals surface area contributed by atoms with Crippen molar-refractivity contribution in [1.29, 1.82) is 0 Å². The number of alkyl halides is 2. The van der Waals surface area contributed by atoms with E-state index in [4.69, 9.17) is 0 Å². The van der Waals surface area contributed by atoms with Crippen molar-refractivity contribution in [2.45, 2.75) is 12.0 Å². The first-order chi connectivity index (χ1) is 4.56. The molecule has 60 valence electrons. The third kappa shape index (κ3) is 1.27. The summed E-state index contributed by atoms with van der Waals surface area (Å²) in [5, 5.41) is 2.59. The van der Waals surface area contributed by atoms with Gasteiger partial charge in [-0.3, -0.25) is 4.90 Å². The maximum absolute atomic E-state index is 12.8. The van der Waals surface area contributed by atoms with E-state index in [1.807, 2.05) is 0 Å². The molecule has 0 aliphatic carbocycles. The molecule has 0 saturated carbocycles. The summed E-state index contributed by atoms with van der Waals surface area (Å²) < 4.78 is 25.5. The third-order valence-corrected chi connectivity index (χ3v) is 1.83. The van der Waals surface area contributed by atoms with Crippen LogP contribution >= 0.6 is 0 Å². The highest BCUT2D eigenvalue weighted by Gasteiger charge is 2.45. The van der Waals surface area contributed by atoms with Gasteiger partial charge in [-0.15, -0.1) is 0 Å². The van der Waals surface area contributed by atoms with E-state index in [2.05, 4.69) is 5.32 Å². The number of hydrogen-bond acceptors (Lipinski definition) is 2. The summed E-state index contributed by atoms with van der Waals surface area (Å²) in [5.41, 5.74) is 0. The molecule has 0 amide bonds. The van der Waals surface area contributed by atoms with Crippen molar-refractivity contribution in [2.75, 3.05) is 27.2 Å². The molecule has 1 rings (SSSR count). The lowest BCUT2D eigenvalue weighted by Gasteiger charge is -2.15. The Hall–Kier alpha value is -0.220. The average molecular weight is 150 g/mol. The van der Waals surface area contributed by atoms with Gasteiger partial charge in [-0.05, 0) is 14.1 Å². The minimum absolute atomic E-state index is 0.126. The summed E-state index contributed by atoms with van der Waals surface area (Å²) in [6, 6.07) is -0.669. The molecule has 1 heterocycles. The van der Waals surface area contributed by atoms with Crippen LogP contribution in [-0.4, -0.2) is 44.0 Å². The van der Waals surface area contributed by atoms with E-state index in [0.717, 1.165) is 0 Å². The first kappa shape index (κ1) is 7.88. The predicted molar refractivity (Wildman–Crippen MR) is 35.3 cm³/mol. The SMILES string of the molecule is CNC1CN(C)CC1(F)F. The van der Waals surface area contributed by atoms with Crippen LogP contribution in [0.5, 0.6) is 0 Å². The highest BCUT2D eigenvalue weighted by molar-refractivity contribution is 4.93. The van der Waals surface area contributed by atoms with E-state index in [9.17, 15) is 8.78 Å². The van der Waals surface area contributed by atoms with Gasteiger partial charge in [-0.2, -0.15) is 0 Å². The minimum atomic E-state index is -2.55. The Bertz CT molecular complexity index is 127. The van der Waals surface area contributed by atoms with Gasteiger partial charge in [0.15, 0.2) is 0 Å². The van der Waals surface area contributed by atoms with Gasteiger partial charge in [0.2, 0.25) is 0 Å². The van der Waals surface area contributed by atoms with Crippen LogP contribution in [0, 0.1) is 0 Å². The molecular weight excluding hydrogens is 138 g/mol. The Morgan fingerprint density at radius 2 is 2.20 bits per heavy atom. The molecule has 1 fully saturated rings. The molecule has 1 N–H and O–H groups in total. The molecule has 4 heteroatoms. The zero-order chi connectivity index (χ0) is 7.78. The molecule has 0 aromatic rings. The van der Waals surface area contributed by atoms with Gasteiger partial charge in [0.25, 0.3) is 5.92 Å². The van der Waals surface area contributed by atoms with Gasteiger partial charge in [-0.1, -0.05) is 0 Å². The molecular formula is C6H12F2N2. The number of nitrogens with zero attached hydrogens (tertiary/aromatic N) is 1. The molecule has 0 aromatic heterocycles. The lowest BCUT2D eigenvalue weighted by molar-refractivity contribution is -0.00708. The zero-order valence-electron chi connectivity index (χ0n) is 6.19. The highest BCUT2D eigenvalue weighted by Crippen LogP contribution is 2.25. The maximum atomic E-state index is 12.8. The third-order valence-electron chi connectivity index (χ3n) is 1.83.